The van der Waals surface area contributed by atoms with Crippen LogP contribution in [-0.4, -0.2) is 31.5 Å². The summed E-state index contributed by atoms with van der Waals surface area (Å²) in [5.74, 6) is 0.594. The van der Waals surface area contributed by atoms with E-state index in [4.69, 9.17) is 10.5 Å². The largest absolute Gasteiger partial charge is 0.497 e. The molecule has 0 atom stereocenters. The molecule has 0 aliphatic carbocycles. The van der Waals surface area contributed by atoms with Crippen molar-refractivity contribution in [2.24, 2.45) is 0 Å². The maximum absolute atomic E-state index is 12.2. The Bertz CT molecular complexity index is 405. The molecule has 2 N–H and O–H groups in total. The lowest BCUT2D eigenvalue weighted by atomic mass is 10.1. The molecular weight excluding hydrogens is 228 g/mol. The second-order valence-corrected chi connectivity index (χ2v) is 4.39. The highest BCUT2D eigenvalue weighted by Gasteiger charge is 2.15. The summed E-state index contributed by atoms with van der Waals surface area (Å²) in [5.41, 5.74) is 6.83. The van der Waals surface area contributed by atoms with Crippen molar-refractivity contribution in [3.8, 4) is 5.75 Å². The van der Waals surface area contributed by atoms with Gasteiger partial charge in [-0.15, -0.1) is 0 Å². The molecule has 0 heterocycles. The molecule has 0 saturated carbocycles. The van der Waals surface area contributed by atoms with Crippen molar-refractivity contribution < 1.29 is 9.53 Å². The first kappa shape index (κ1) is 14.4. The van der Waals surface area contributed by atoms with Crippen LogP contribution in [0.15, 0.2) is 18.2 Å². The molecule has 1 aromatic carbocycles. The van der Waals surface area contributed by atoms with E-state index in [-0.39, 0.29) is 5.91 Å². The molecule has 0 aliphatic heterocycles. The predicted octanol–water partition coefficient (Wildman–Crippen LogP) is 2.54. The third kappa shape index (κ3) is 3.65. The molecule has 0 bridgehead atoms. The number of benzene rings is 1. The van der Waals surface area contributed by atoms with Crippen LogP contribution in [0.5, 0.6) is 5.75 Å². The SMILES string of the molecule is CCCCCN(C)C(=O)c1cc(OC)ccc1N. The molecule has 0 radical (unpaired) electrons. The average molecular weight is 250 g/mol. The van der Waals surface area contributed by atoms with E-state index < -0.39 is 0 Å². The van der Waals surface area contributed by atoms with Gasteiger partial charge in [-0.25, -0.2) is 0 Å². The van der Waals surface area contributed by atoms with E-state index in [1.807, 2.05) is 0 Å². The number of methoxy groups -OCH3 is 1. The van der Waals surface area contributed by atoms with Crippen molar-refractivity contribution in [3.63, 3.8) is 0 Å². The van der Waals surface area contributed by atoms with Crippen LogP contribution in [-0.2, 0) is 0 Å². The van der Waals surface area contributed by atoms with Gasteiger partial charge in [-0.1, -0.05) is 19.8 Å². The first-order chi connectivity index (χ1) is 8.60. The second-order valence-electron chi connectivity index (χ2n) is 4.39. The number of carbonyl (C=O) groups is 1. The Balaban J connectivity index is 2.76. The summed E-state index contributed by atoms with van der Waals surface area (Å²) < 4.78 is 5.11. The molecule has 0 aromatic heterocycles. The molecule has 1 rings (SSSR count). The quantitative estimate of drug-likeness (QED) is 0.623. The standard InChI is InChI=1S/C14H22N2O2/c1-4-5-6-9-16(2)14(17)12-10-11(18-3)7-8-13(12)15/h7-8,10H,4-6,9,15H2,1-3H3. The van der Waals surface area contributed by atoms with Crippen LogP contribution in [0.1, 0.15) is 36.5 Å². The van der Waals surface area contributed by atoms with Gasteiger partial charge in [-0.2, -0.15) is 0 Å². The van der Waals surface area contributed by atoms with E-state index in [1.54, 1.807) is 37.3 Å². The fourth-order valence-corrected chi connectivity index (χ4v) is 1.75. The Morgan fingerprint density at radius 3 is 2.72 bits per heavy atom. The van der Waals surface area contributed by atoms with Gasteiger partial charge in [0.15, 0.2) is 0 Å². The van der Waals surface area contributed by atoms with Gasteiger partial charge in [0.1, 0.15) is 5.75 Å². The Kier molecular flexibility index (Phi) is 5.49. The third-order valence-electron chi connectivity index (χ3n) is 2.93. The normalized spacial score (nSPS) is 10.2. The summed E-state index contributed by atoms with van der Waals surface area (Å²) in [6, 6.07) is 5.14. The van der Waals surface area contributed by atoms with Crippen LogP contribution in [0.4, 0.5) is 5.69 Å². The number of nitrogen functional groups attached to an aromatic ring is 1. The van der Waals surface area contributed by atoms with Gasteiger partial charge in [0.2, 0.25) is 0 Å². The highest BCUT2D eigenvalue weighted by atomic mass is 16.5. The lowest BCUT2D eigenvalue weighted by Crippen LogP contribution is -2.28. The van der Waals surface area contributed by atoms with E-state index >= 15 is 0 Å². The summed E-state index contributed by atoms with van der Waals surface area (Å²) >= 11 is 0. The molecule has 0 unspecified atom stereocenters. The number of hydrogen-bond donors (Lipinski definition) is 1. The summed E-state index contributed by atoms with van der Waals surface area (Å²) in [7, 11) is 3.38. The number of ether oxygens (including phenoxy) is 1. The number of hydrogen-bond acceptors (Lipinski definition) is 3. The van der Waals surface area contributed by atoms with Crippen molar-refractivity contribution in [1.29, 1.82) is 0 Å². The van der Waals surface area contributed by atoms with Crippen LogP contribution < -0.4 is 10.5 Å². The molecule has 0 fully saturated rings. The zero-order valence-electron chi connectivity index (χ0n) is 11.4. The van der Waals surface area contributed by atoms with Crippen LogP contribution in [0.2, 0.25) is 0 Å². The first-order valence-corrected chi connectivity index (χ1v) is 6.29. The van der Waals surface area contributed by atoms with Gasteiger partial charge >= 0.3 is 0 Å². The zero-order chi connectivity index (χ0) is 13.5. The minimum absolute atomic E-state index is 0.0532. The average Bonchev–Trinajstić information content (AvgIpc) is 2.38. The minimum atomic E-state index is -0.0532. The van der Waals surface area contributed by atoms with E-state index in [0.29, 0.717) is 17.0 Å². The lowest BCUT2D eigenvalue weighted by Gasteiger charge is -2.18. The zero-order valence-corrected chi connectivity index (χ0v) is 11.4. The van der Waals surface area contributed by atoms with Crippen molar-refractivity contribution in [2.75, 3.05) is 26.4 Å². The number of amides is 1. The van der Waals surface area contributed by atoms with Gasteiger partial charge in [-0.3, -0.25) is 4.79 Å². The number of rotatable bonds is 6. The van der Waals surface area contributed by atoms with E-state index in [1.165, 1.54) is 0 Å². The summed E-state index contributed by atoms with van der Waals surface area (Å²) in [6.07, 6.45) is 3.29. The van der Waals surface area contributed by atoms with Crippen molar-refractivity contribution in [3.05, 3.63) is 23.8 Å². The van der Waals surface area contributed by atoms with Gasteiger partial charge < -0.3 is 15.4 Å². The molecule has 0 aliphatic rings. The number of unbranched alkanes of at least 4 members (excludes halogenated alkanes) is 2. The van der Waals surface area contributed by atoms with Gasteiger partial charge in [0.05, 0.1) is 12.7 Å². The maximum atomic E-state index is 12.2. The monoisotopic (exact) mass is 250 g/mol. The lowest BCUT2D eigenvalue weighted by molar-refractivity contribution is 0.0793. The second kappa shape index (κ2) is 6.89. The molecule has 1 amide bonds. The van der Waals surface area contributed by atoms with Gasteiger partial charge in [0, 0.05) is 19.3 Å². The summed E-state index contributed by atoms with van der Waals surface area (Å²) in [6.45, 7) is 2.89. The van der Waals surface area contributed by atoms with Crippen molar-refractivity contribution >= 4 is 11.6 Å². The van der Waals surface area contributed by atoms with Gasteiger partial charge in [0.25, 0.3) is 5.91 Å². The predicted molar refractivity (Wildman–Crippen MR) is 73.9 cm³/mol. The number of carbonyl (C=O) groups excluding carboxylic acids is 1. The fraction of sp³-hybridized carbons (Fsp3) is 0.500. The Hall–Kier alpha value is -1.71. The molecule has 4 heteroatoms. The van der Waals surface area contributed by atoms with Crippen molar-refractivity contribution in [1.82, 2.24) is 4.90 Å². The highest BCUT2D eigenvalue weighted by molar-refractivity contribution is 5.99. The molecule has 18 heavy (non-hydrogen) atoms. The van der Waals surface area contributed by atoms with E-state index in [9.17, 15) is 4.79 Å². The minimum Gasteiger partial charge on any atom is -0.497 e. The highest BCUT2D eigenvalue weighted by Crippen LogP contribution is 2.20. The Morgan fingerprint density at radius 2 is 2.11 bits per heavy atom. The molecule has 100 valence electrons. The number of nitrogens with zero attached hydrogens (tertiary/aromatic N) is 1. The molecular formula is C14H22N2O2. The number of nitrogens with two attached hydrogens (primary N) is 1. The maximum Gasteiger partial charge on any atom is 0.255 e. The Morgan fingerprint density at radius 1 is 1.39 bits per heavy atom. The first-order valence-electron chi connectivity index (χ1n) is 6.29. The number of anilines is 1. The summed E-state index contributed by atoms with van der Waals surface area (Å²) in [5, 5.41) is 0. The van der Waals surface area contributed by atoms with E-state index in [2.05, 4.69) is 6.92 Å². The molecule has 4 nitrogen and oxygen atoms in total. The smallest absolute Gasteiger partial charge is 0.255 e. The molecule has 1 aromatic rings. The van der Waals surface area contributed by atoms with E-state index in [0.717, 1.165) is 25.8 Å². The molecule has 0 saturated heterocycles. The third-order valence-corrected chi connectivity index (χ3v) is 2.93. The van der Waals surface area contributed by atoms with Crippen LogP contribution in [0.25, 0.3) is 0 Å². The van der Waals surface area contributed by atoms with Crippen LogP contribution in [0.3, 0.4) is 0 Å². The fourth-order valence-electron chi connectivity index (χ4n) is 1.75. The van der Waals surface area contributed by atoms with Gasteiger partial charge in [-0.05, 0) is 24.6 Å². The topological polar surface area (TPSA) is 55.6 Å². The Labute approximate surface area is 109 Å². The van der Waals surface area contributed by atoms with Crippen molar-refractivity contribution in [2.45, 2.75) is 26.2 Å². The van der Waals surface area contributed by atoms with Crippen LogP contribution in [0, 0.1) is 0 Å². The summed E-state index contributed by atoms with van der Waals surface area (Å²) in [4.78, 5) is 13.9. The molecule has 0 spiro atoms. The van der Waals surface area contributed by atoms with Crippen LogP contribution >= 0.6 is 0 Å².